The summed E-state index contributed by atoms with van der Waals surface area (Å²) in [6, 6.07) is 0. The van der Waals surface area contributed by atoms with Crippen molar-refractivity contribution < 1.29 is 9.15 Å². The second kappa shape index (κ2) is 3.97. The third-order valence-electron chi connectivity index (χ3n) is 2.59. The highest BCUT2D eigenvalue weighted by Crippen LogP contribution is 2.32. The molecule has 1 saturated heterocycles. The number of hydrogen-bond acceptors (Lipinski definition) is 3. The van der Waals surface area contributed by atoms with Crippen molar-refractivity contribution in [2.75, 3.05) is 6.61 Å². The van der Waals surface area contributed by atoms with Gasteiger partial charge in [0.2, 0.25) is 0 Å². The van der Waals surface area contributed by atoms with Crippen LogP contribution in [0.4, 0.5) is 0 Å². The lowest BCUT2D eigenvalue weighted by Gasteiger charge is -2.17. The summed E-state index contributed by atoms with van der Waals surface area (Å²) in [6.45, 7) is 7.48. The summed E-state index contributed by atoms with van der Waals surface area (Å²) in [5.41, 5.74) is 1.30. The van der Waals surface area contributed by atoms with E-state index in [-0.39, 0.29) is 11.5 Å². The predicted molar refractivity (Wildman–Crippen MR) is 57.6 cm³/mol. The van der Waals surface area contributed by atoms with Gasteiger partial charge in [-0.25, -0.2) is 4.98 Å². The van der Waals surface area contributed by atoms with Gasteiger partial charge in [0.05, 0.1) is 5.69 Å². The predicted octanol–water partition coefficient (Wildman–Crippen LogP) is 3.11. The van der Waals surface area contributed by atoms with Crippen LogP contribution >= 0.6 is 0 Å². The topological polar surface area (TPSA) is 35.3 Å². The Bertz CT molecular complexity index is 319. The molecule has 2 heterocycles. The average Bonchev–Trinajstić information content (AvgIpc) is 2.68. The minimum atomic E-state index is 0.143. The third kappa shape index (κ3) is 2.59. The Hall–Kier alpha value is -0.830. The number of oxazole rings is 1. The molecule has 1 fully saturated rings. The summed E-state index contributed by atoms with van der Waals surface area (Å²) < 4.78 is 11.1. The Labute approximate surface area is 90.8 Å². The smallest absolute Gasteiger partial charge is 0.181 e. The summed E-state index contributed by atoms with van der Waals surface area (Å²) in [5.74, 6) is 0.947. The molecule has 2 rings (SSSR count). The van der Waals surface area contributed by atoms with E-state index in [1.165, 1.54) is 6.39 Å². The van der Waals surface area contributed by atoms with Crippen molar-refractivity contribution in [2.45, 2.75) is 46.1 Å². The minimum absolute atomic E-state index is 0.143. The summed E-state index contributed by atoms with van der Waals surface area (Å²) >= 11 is 0. The summed E-state index contributed by atoms with van der Waals surface area (Å²) in [7, 11) is 0. The van der Waals surface area contributed by atoms with Crippen LogP contribution in [0.3, 0.4) is 0 Å². The van der Waals surface area contributed by atoms with E-state index in [0.717, 1.165) is 37.3 Å². The fourth-order valence-corrected chi connectivity index (χ4v) is 1.96. The standard InChI is InChI=1S/C12H19NO2/c1-12(2,3)7-9-11(15-8-13-9)10-5-4-6-14-10/h8,10H,4-7H2,1-3H3. The molecule has 3 nitrogen and oxygen atoms in total. The molecule has 0 radical (unpaired) electrons. The van der Waals surface area contributed by atoms with Gasteiger partial charge in [-0.1, -0.05) is 20.8 Å². The van der Waals surface area contributed by atoms with Gasteiger partial charge >= 0.3 is 0 Å². The van der Waals surface area contributed by atoms with Gasteiger partial charge < -0.3 is 9.15 Å². The maximum absolute atomic E-state index is 5.62. The first kappa shape index (κ1) is 10.7. The van der Waals surface area contributed by atoms with Gasteiger partial charge in [-0.05, 0) is 24.7 Å². The van der Waals surface area contributed by atoms with Crippen molar-refractivity contribution in [1.82, 2.24) is 4.98 Å². The average molecular weight is 209 g/mol. The summed E-state index contributed by atoms with van der Waals surface area (Å²) in [4.78, 5) is 4.30. The minimum Gasteiger partial charge on any atom is -0.445 e. The lowest BCUT2D eigenvalue weighted by molar-refractivity contribution is 0.0922. The number of aromatic nitrogens is 1. The van der Waals surface area contributed by atoms with E-state index in [0.29, 0.717) is 0 Å². The molecule has 15 heavy (non-hydrogen) atoms. The lowest BCUT2D eigenvalue weighted by Crippen LogP contribution is -2.12. The molecule has 0 N–H and O–H groups in total. The van der Waals surface area contributed by atoms with Gasteiger partial charge in [0, 0.05) is 6.61 Å². The second-order valence-corrected chi connectivity index (χ2v) is 5.40. The first-order chi connectivity index (χ1) is 7.06. The lowest BCUT2D eigenvalue weighted by atomic mass is 9.89. The van der Waals surface area contributed by atoms with Crippen molar-refractivity contribution in [1.29, 1.82) is 0 Å². The van der Waals surface area contributed by atoms with E-state index in [4.69, 9.17) is 9.15 Å². The molecule has 1 aliphatic heterocycles. The van der Waals surface area contributed by atoms with E-state index < -0.39 is 0 Å². The van der Waals surface area contributed by atoms with Crippen LogP contribution in [0.15, 0.2) is 10.8 Å². The van der Waals surface area contributed by atoms with Gasteiger partial charge in [-0.2, -0.15) is 0 Å². The van der Waals surface area contributed by atoms with Crippen molar-refractivity contribution >= 4 is 0 Å². The Kier molecular flexibility index (Phi) is 2.83. The van der Waals surface area contributed by atoms with Crippen LogP contribution in [-0.2, 0) is 11.2 Å². The maximum Gasteiger partial charge on any atom is 0.181 e. The van der Waals surface area contributed by atoms with E-state index in [9.17, 15) is 0 Å². The zero-order chi connectivity index (χ0) is 10.9. The van der Waals surface area contributed by atoms with Crippen LogP contribution in [0.1, 0.15) is 51.2 Å². The SMILES string of the molecule is CC(C)(C)Cc1ncoc1C1CCCO1. The maximum atomic E-state index is 5.62. The Morgan fingerprint density at radius 3 is 2.87 bits per heavy atom. The van der Waals surface area contributed by atoms with Crippen LogP contribution in [0, 0.1) is 5.41 Å². The molecule has 0 saturated carbocycles. The zero-order valence-corrected chi connectivity index (χ0v) is 9.75. The first-order valence-electron chi connectivity index (χ1n) is 5.60. The third-order valence-corrected chi connectivity index (χ3v) is 2.59. The summed E-state index contributed by atoms with van der Waals surface area (Å²) in [6.07, 6.45) is 4.81. The van der Waals surface area contributed by atoms with Crippen LogP contribution in [0.5, 0.6) is 0 Å². The van der Waals surface area contributed by atoms with Crippen LogP contribution in [0.2, 0.25) is 0 Å². The molecule has 84 valence electrons. The molecule has 1 aromatic rings. The van der Waals surface area contributed by atoms with Crippen LogP contribution in [-0.4, -0.2) is 11.6 Å². The molecule has 1 atom stereocenters. The van der Waals surface area contributed by atoms with Crippen LogP contribution < -0.4 is 0 Å². The van der Waals surface area contributed by atoms with Crippen molar-refractivity contribution in [3.05, 3.63) is 17.8 Å². The van der Waals surface area contributed by atoms with E-state index in [1.807, 2.05) is 0 Å². The summed E-state index contributed by atoms with van der Waals surface area (Å²) in [5, 5.41) is 0. The Morgan fingerprint density at radius 2 is 2.27 bits per heavy atom. The van der Waals surface area contributed by atoms with Crippen molar-refractivity contribution in [3.63, 3.8) is 0 Å². The molecule has 1 aliphatic rings. The molecule has 1 unspecified atom stereocenters. The molecule has 0 amide bonds. The first-order valence-corrected chi connectivity index (χ1v) is 5.60. The number of nitrogens with zero attached hydrogens (tertiary/aromatic N) is 1. The second-order valence-electron chi connectivity index (χ2n) is 5.40. The zero-order valence-electron chi connectivity index (χ0n) is 9.75. The van der Waals surface area contributed by atoms with Gasteiger partial charge in [-0.3, -0.25) is 0 Å². The molecular formula is C12H19NO2. The number of ether oxygens (including phenoxy) is 1. The highest BCUT2D eigenvalue weighted by molar-refractivity contribution is 5.13. The number of rotatable bonds is 2. The highest BCUT2D eigenvalue weighted by Gasteiger charge is 2.26. The highest BCUT2D eigenvalue weighted by atomic mass is 16.5. The fourth-order valence-electron chi connectivity index (χ4n) is 1.96. The van der Waals surface area contributed by atoms with Gasteiger partial charge in [0.1, 0.15) is 6.10 Å². The normalized spacial score (nSPS) is 22.2. The van der Waals surface area contributed by atoms with Crippen molar-refractivity contribution in [3.8, 4) is 0 Å². The van der Waals surface area contributed by atoms with Gasteiger partial charge in [0.25, 0.3) is 0 Å². The van der Waals surface area contributed by atoms with E-state index >= 15 is 0 Å². The molecule has 0 spiro atoms. The van der Waals surface area contributed by atoms with Crippen LogP contribution in [0.25, 0.3) is 0 Å². The Balaban J connectivity index is 2.14. The molecule has 1 aromatic heterocycles. The number of hydrogen-bond donors (Lipinski definition) is 0. The molecule has 0 aromatic carbocycles. The molecular weight excluding hydrogens is 190 g/mol. The molecule has 3 heteroatoms. The quantitative estimate of drug-likeness (QED) is 0.750. The van der Waals surface area contributed by atoms with Gasteiger partial charge in [-0.15, -0.1) is 0 Å². The van der Waals surface area contributed by atoms with Gasteiger partial charge in [0.15, 0.2) is 12.2 Å². The monoisotopic (exact) mass is 209 g/mol. The van der Waals surface area contributed by atoms with Crippen molar-refractivity contribution in [2.24, 2.45) is 5.41 Å². The fraction of sp³-hybridized carbons (Fsp3) is 0.750. The molecule has 0 aliphatic carbocycles. The van der Waals surface area contributed by atoms with E-state index in [2.05, 4.69) is 25.8 Å². The largest absolute Gasteiger partial charge is 0.445 e. The molecule has 0 bridgehead atoms. The Morgan fingerprint density at radius 1 is 1.47 bits per heavy atom. The van der Waals surface area contributed by atoms with E-state index in [1.54, 1.807) is 0 Å².